The minimum absolute atomic E-state index is 0.867. The Kier molecular flexibility index (Phi) is 7.41. The maximum absolute atomic E-state index is 5.00. The van der Waals surface area contributed by atoms with Gasteiger partial charge in [-0.3, -0.25) is 19.9 Å². The molecular weight excluding hydrogens is 611 g/mol. The number of fused-ring (bicyclic) bond motifs is 2. The lowest BCUT2D eigenvalue weighted by Crippen LogP contribution is -1.92. The molecule has 4 aromatic carbocycles. The summed E-state index contributed by atoms with van der Waals surface area (Å²) in [4.78, 5) is 22.4. The smallest absolute Gasteiger partial charge is 0.0731 e. The molecule has 0 spiro atoms. The summed E-state index contributed by atoms with van der Waals surface area (Å²) in [5.41, 5.74) is 12.8. The van der Waals surface area contributed by atoms with Crippen LogP contribution in [0.3, 0.4) is 0 Å². The third-order valence-electron chi connectivity index (χ3n) is 9.21. The van der Waals surface area contributed by atoms with E-state index in [0.717, 1.165) is 66.7 Å². The normalized spacial score (nSPS) is 11.2. The van der Waals surface area contributed by atoms with Gasteiger partial charge in [-0.15, -0.1) is 0 Å². The van der Waals surface area contributed by atoms with Crippen molar-refractivity contribution in [2.75, 3.05) is 0 Å². The van der Waals surface area contributed by atoms with Crippen molar-refractivity contribution in [2.45, 2.75) is 0 Å². The van der Waals surface area contributed by atoms with Crippen molar-refractivity contribution in [3.63, 3.8) is 0 Å². The largest absolute Gasteiger partial charge is 0.264 e. The topological polar surface area (TPSA) is 64.5 Å². The molecule has 0 aliphatic heterocycles. The molecular formula is C45H29N5. The van der Waals surface area contributed by atoms with Crippen molar-refractivity contribution in [1.29, 1.82) is 0 Å². The summed E-state index contributed by atoms with van der Waals surface area (Å²) in [6.45, 7) is 0. The molecule has 0 bridgehead atoms. The quantitative estimate of drug-likeness (QED) is 0.181. The second-order valence-corrected chi connectivity index (χ2v) is 12.3. The molecule has 5 nitrogen and oxygen atoms in total. The van der Waals surface area contributed by atoms with Gasteiger partial charge in [0.15, 0.2) is 0 Å². The SMILES string of the molecule is c1cncc(-c2cc(-c3ccc(-c4cc(-c5cccc6cnccc56)cc(-c5cccc6cnccc56)c4)cc3)cc(-c3cccnc3)n2)c1. The molecule has 0 N–H and O–H groups in total. The van der Waals surface area contributed by atoms with Gasteiger partial charge in [-0.1, -0.05) is 60.7 Å². The summed E-state index contributed by atoms with van der Waals surface area (Å²) < 4.78 is 0. The first-order chi connectivity index (χ1) is 24.8. The van der Waals surface area contributed by atoms with Gasteiger partial charge in [0, 0.05) is 71.5 Å². The third kappa shape index (κ3) is 5.57. The highest BCUT2D eigenvalue weighted by atomic mass is 14.7. The molecule has 0 amide bonds. The number of benzene rings is 4. The van der Waals surface area contributed by atoms with E-state index in [1.165, 1.54) is 21.9 Å². The van der Waals surface area contributed by atoms with E-state index in [1.807, 2.05) is 61.4 Å². The Labute approximate surface area is 289 Å². The summed E-state index contributed by atoms with van der Waals surface area (Å²) in [5.74, 6) is 0. The van der Waals surface area contributed by atoms with Crippen molar-refractivity contribution in [3.8, 4) is 67.0 Å². The van der Waals surface area contributed by atoms with Crippen LogP contribution in [-0.2, 0) is 0 Å². The number of hydrogen-bond acceptors (Lipinski definition) is 5. The fraction of sp³-hybridized carbons (Fsp3) is 0. The van der Waals surface area contributed by atoms with Crippen LogP contribution >= 0.6 is 0 Å². The summed E-state index contributed by atoms with van der Waals surface area (Å²) in [5, 5.41) is 4.58. The average Bonchev–Trinajstić information content (AvgIpc) is 3.21. The van der Waals surface area contributed by atoms with Crippen LogP contribution in [0.5, 0.6) is 0 Å². The molecule has 0 aliphatic carbocycles. The number of aromatic nitrogens is 5. The van der Waals surface area contributed by atoms with Crippen LogP contribution in [0.25, 0.3) is 88.6 Å². The van der Waals surface area contributed by atoms with E-state index in [2.05, 4.69) is 123 Å². The van der Waals surface area contributed by atoms with Gasteiger partial charge in [-0.2, -0.15) is 0 Å². The molecule has 50 heavy (non-hydrogen) atoms. The molecule has 0 atom stereocenters. The highest BCUT2D eigenvalue weighted by Gasteiger charge is 2.13. The van der Waals surface area contributed by atoms with Crippen LogP contribution in [0.15, 0.2) is 177 Å². The van der Waals surface area contributed by atoms with Crippen LogP contribution in [-0.4, -0.2) is 24.9 Å². The molecule has 234 valence electrons. The minimum Gasteiger partial charge on any atom is -0.264 e. The summed E-state index contributed by atoms with van der Waals surface area (Å²) in [7, 11) is 0. The minimum atomic E-state index is 0.867. The lowest BCUT2D eigenvalue weighted by Gasteiger charge is -2.15. The Bertz CT molecular complexity index is 2470. The van der Waals surface area contributed by atoms with Crippen molar-refractivity contribution >= 4 is 21.5 Å². The summed E-state index contributed by atoms with van der Waals surface area (Å²) in [6.07, 6.45) is 14.9. The lowest BCUT2D eigenvalue weighted by atomic mass is 9.90. The zero-order valence-corrected chi connectivity index (χ0v) is 27.0. The number of rotatable bonds is 6. The fourth-order valence-electron chi connectivity index (χ4n) is 6.73. The second kappa shape index (κ2) is 12.6. The molecule has 0 fully saturated rings. The fourth-order valence-corrected chi connectivity index (χ4v) is 6.73. The number of hydrogen-bond donors (Lipinski definition) is 0. The molecule has 9 rings (SSSR count). The zero-order chi connectivity index (χ0) is 33.3. The van der Waals surface area contributed by atoms with E-state index in [4.69, 9.17) is 4.98 Å². The Balaban J connectivity index is 1.18. The number of nitrogens with zero attached hydrogens (tertiary/aromatic N) is 5. The maximum Gasteiger partial charge on any atom is 0.0731 e. The van der Waals surface area contributed by atoms with E-state index < -0.39 is 0 Å². The predicted octanol–water partition coefficient (Wildman–Crippen LogP) is 11.0. The monoisotopic (exact) mass is 639 g/mol. The first-order valence-corrected chi connectivity index (χ1v) is 16.5. The molecule has 5 heteroatoms. The average molecular weight is 640 g/mol. The zero-order valence-electron chi connectivity index (χ0n) is 27.0. The Morgan fingerprint density at radius 2 is 0.760 bits per heavy atom. The van der Waals surface area contributed by atoms with E-state index in [0.29, 0.717) is 0 Å². The van der Waals surface area contributed by atoms with E-state index in [9.17, 15) is 0 Å². The third-order valence-corrected chi connectivity index (χ3v) is 9.21. The molecule has 0 saturated carbocycles. The van der Waals surface area contributed by atoms with Gasteiger partial charge in [-0.05, 0) is 122 Å². The molecule has 9 aromatic rings. The molecule has 0 aliphatic rings. The van der Waals surface area contributed by atoms with Crippen molar-refractivity contribution < 1.29 is 0 Å². The van der Waals surface area contributed by atoms with Gasteiger partial charge < -0.3 is 0 Å². The van der Waals surface area contributed by atoms with Gasteiger partial charge in [0.2, 0.25) is 0 Å². The van der Waals surface area contributed by atoms with Crippen molar-refractivity contribution in [3.05, 3.63) is 177 Å². The Hall–Kier alpha value is -6.85. The molecule has 0 radical (unpaired) electrons. The van der Waals surface area contributed by atoms with Crippen molar-refractivity contribution in [2.24, 2.45) is 0 Å². The molecule has 0 saturated heterocycles. The van der Waals surface area contributed by atoms with Crippen LogP contribution in [0.1, 0.15) is 0 Å². The van der Waals surface area contributed by atoms with E-state index >= 15 is 0 Å². The Morgan fingerprint density at radius 1 is 0.300 bits per heavy atom. The van der Waals surface area contributed by atoms with Gasteiger partial charge in [0.25, 0.3) is 0 Å². The van der Waals surface area contributed by atoms with Gasteiger partial charge >= 0.3 is 0 Å². The van der Waals surface area contributed by atoms with Crippen LogP contribution < -0.4 is 0 Å². The van der Waals surface area contributed by atoms with Gasteiger partial charge in [0.05, 0.1) is 11.4 Å². The number of pyridine rings is 5. The summed E-state index contributed by atoms with van der Waals surface area (Å²) >= 11 is 0. The van der Waals surface area contributed by atoms with Gasteiger partial charge in [-0.25, -0.2) is 4.98 Å². The van der Waals surface area contributed by atoms with Crippen LogP contribution in [0, 0.1) is 0 Å². The second-order valence-electron chi connectivity index (χ2n) is 12.3. The molecule has 5 heterocycles. The first kappa shape index (κ1) is 29.3. The predicted molar refractivity (Wildman–Crippen MR) is 203 cm³/mol. The van der Waals surface area contributed by atoms with E-state index in [-0.39, 0.29) is 0 Å². The molecule has 5 aromatic heterocycles. The van der Waals surface area contributed by atoms with E-state index in [1.54, 1.807) is 12.4 Å². The molecule has 0 unspecified atom stereocenters. The lowest BCUT2D eigenvalue weighted by molar-refractivity contribution is 1.26. The highest BCUT2D eigenvalue weighted by molar-refractivity contribution is 6.01. The Morgan fingerprint density at radius 3 is 1.24 bits per heavy atom. The standard InChI is InChI=1S/C45H29N5/c1-5-32-26-48-19-15-42(32)40(9-1)38-21-36(22-39(23-38)41-10-2-6-33-27-49-20-16-43(33)41)30-11-13-31(14-12-30)37-24-44(34-7-3-17-46-28-34)50-45(25-37)35-8-4-18-47-29-35/h1-29H. The van der Waals surface area contributed by atoms with Crippen LogP contribution in [0.2, 0.25) is 0 Å². The van der Waals surface area contributed by atoms with Crippen LogP contribution in [0.4, 0.5) is 0 Å². The first-order valence-electron chi connectivity index (χ1n) is 16.5. The maximum atomic E-state index is 5.00. The summed E-state index contributed by atoms with van der Waals surface area (Å²) in [6, 6.07) is 45.0. The van der Waals surface area contributed by atoms with Crippen molar-refractivity contribution in [1.82, 2.24) is 24.9 Å². The highest BCUT2D eigenvalue weighted by Crippen LogP contribution is 2.38. The van der Waals surface area contributed by atoms with Gasteiger partial charge in [0.1, 0.15) is 0 Å².